The normalized spacial score (nSPS) is 17.2. The van der Waals surface area contributed by atoms with Crippen LogP contribution in [0.1, 0.15) is 71.8 Å². The first-order valence-corrected chi connectivity index (χ1v) is 14.4. The average Bonchev–Trinajstić information content (AvgIpc) is 3.45. The highest BCUT2D eigenvalue weighted by molar-refractivity contribution is 5.95. The molecule has 0 spiro atoms. The van der Waals surface area contributed by atoms with E-state index in [4.69, 9.17) is 29.3 Å². The van der Waals surface area contributed by atoms with Crippen LogP contribution in [0.5, 0.6) is 11.5 Å². The Bertz CT molecular complexity index is 1320. The first-order valence-electron chi connectivity index (χ1n) is 14.4. The third kappa shape index (κ3) is 6.42. The molecule has 2 aromatic heterocycles. The van der Waals surface area contributed by atoms with Gasteiger partial charge in [0.1, 0.15) is 5.60 Å². The highest BCUT2D eigenvalue weighted by atomic mass is 16.6. The number of rotatable bonds is 7. The average molecular weight is 551 g/mol. The number of methoxy groups -OCH3 is 2. The van der Waals surface area contributed by atoms with Crippen LogP contribution in [0, 0.1) is 5.92 Å². The molecule has 3 heterocycles. The molecule has 1 N–H and O–H groups in total. The number of benzene rings is 1. The monoisotopic (exact) mass is 550 g/mol. The number of ether oxygens (including phenoxy) is 3. The van der Waals surface area contributed by atoms with Gasteiger partial charge in [-0.1, -0.05) is 19.3 Å². The minimum absolute atomic E-state index is 0.365. The number of anilines is 1. The number of amides is 1. The highest BCUT2D eigenvalue weighted by Crippen LogP contribution is 2.38. The number of fused-ring (bicyclic) bond motifs is 1. The fourth-order valence-electron chi connectivity index (χ4n) is 5.69. The minimum atomic E-state index is -0.502. The molecule has 1 aromatic carbocycles. The van der Waals surface area contributed by atoms with Crippen molar-refractivity contribution in [3.8, 4) is 22.8 Å². The summed E-state index contributed by atoms with van der Waals surface area (Å²) in [4.78, 5) is 24.4. The molecule has 2 fully saturated rings. The van der Waals surface area contributed by atoms with Crippen LogP contribution >= 0.6 is 0 Å². The van der Waals surface area contributed by atoms with E-state index in [1.165, 1.54) is 32.1 Å². The van der Waals surface area contributed by atoms with E-state index in [2.05, 4.69) is 21.1 Å². The molecule has 0 atom stereocenters. The second kappa shape index (κ2) is 11.9. The molecule has 10 heteroatoms. The zero-order chi connectivity index (χ0) is 28.3. The van der Waals surface area contributed by atoms with Crippen LogP contribution in [0.15, 0.2) is 24.5 Å². The zero-order valence-corrected chi connectivity index (χ0v) is 24.4. The second-order valence-corrected chi connectivity index (χ2v) is 11.9. The maximum absolute atomic E-state index is 12.1. The standard InChI is InChI=1S/C30H42N6O4/c1-30(2,3)40-29(37)31-17-20-11-13-35(14-12-20)28-33-24-16-26(39-5)25(38-4)15-23(24)27(34-28)21-18-32-36(19-21)22-9-7-6-8-10-22/h15-16,18-20,22H,6-14,17H2,1-5H3,(H,31,37). The van der Waals surface area contributed by atoms with Gasteiger partial charge in [0.25, 0.3) is 0 Å². The summed E-state index contributed by atoms with van der Waals surface area (Å²) in [6.07, 6.45) is 11.7. The van der Waals surface area contributed by atoms with E-state index in [1.54, 1.807) is 14.2 Å². The molecular weight excluding hydrogens is 508 g/mol. The number of nitrogens with zero attached hydrogens (tertiary/aromatic N) is 5. The van der Waals surface area contributed by atoms with E-state index >= 15 is 0 Å². The first kappa shape index (κ1) is 28.0. The molecule has 10 nitrogen and oxygen atoms in total. The van der Waals surface area contributed by atoms with E-state index in [0.29, 0.717) is 36.0 Å². The van der Waals surface area contributed by atoms with Crippen molar-refractivity contribution < 1.29 is 19.0 Å². The van der Waals surface area contributed by atoms with Crippen molar-refractivity contribution in [3.05, 3.63) is 24.5 Å². The number of carbonyl (C=O) groups is 1. The zero-order valence-electron chi connectivity index (χ0n) is 24.4. The van der Waals surface area contributed by atoms with Gasteiger partial charge < -0.3 is 24.4 Å². The van der Waals surface area contributed by atoms with Crippen LogP contribution in [0.4, 0.5) is 10.7 Å². The molecule has 1 saturated carbocycles. The van der Waals surface area contributed by atoms with Gasteiger partial charge in [0.05, 0.1) is 37.7 Å². The summed E-state index contributed by atoms with van der Waals surface area (Å²) in [6.45, 7) is 7.82. The van der Waals surface area contributed by atoms with Gasteiger partial charge in [0, 0.05) is 42.8 Å². The topological polar surface area (TPSA) is 104 Å². The van der Waals surface area contributed by atoms with Crippen molar-refractivity contribution in [3.63, 3.8) is 0 Å². The van der Waals surface area contributed by atoms with Crippen molar-refractivity contribution in [1.82, 2.24) is 25.1 Å². The van der Waals surface area contributed by atoms with E-state index in [0.717, 1.165) is 48.1 Å². The Hall–Kier alpha value is -3.56. The molecule has 40 heavy (non-hydrogen) atoms. The smallest absolute Gasteiger partial charge is 0.407 e. The molecule has 0 unspecified atom stereocenters. The Labute approximate surface area is 236 Å². The van der Waals surface area contributed by atoms with E-state index < -0.39 is 5.60 Å². The summed E-state index contributed by atoms with van der Waals surface area (Å²) in [7, 11) is 3.28. The minimum Gasteiger partial charge on any atom is -0.493 e. The van der Waals surface area contributed by atoms with Gasteiger partial charge in [-0.2, -0.15) is 5.10 Å². The summed E-state index contributed by atoms with van der Waals surface area (Å²) in [5, 5.41) is 8.58. The largest absolute Gasteiger partial charge is 0.493 e. The fraction of sp³-hybridized carbons (Fsp3) is 0.600. The number of piperidine rings is 1. The Morgan fingerprint density at radius 1 is 1.00 bits per heavy atom. The SMILES string of the molecule is COc1cc2nc(N3CCC(CNC(=O)OC(C)(C)C)CC3)nc(-c3cnn(C4CCCCC4)c3)c2cc1OC. The number of alkyl carbamates (subject to hydrolysis) is 1. The Balaban J connectivity index is 1.39. The Kier molecular flexibility index (Phi) is 8.32. The van der Waals surface area contributed by atoms with Gasteiger partial charge in [-0.3, -0.25) is 4.68 Å². The lowest BCUT2D eigenvalue weighted by Gasteiger charge is -2.32. The van der Waals surface area contributed by atoms with Crippen LogP contribution in [-0.4, -0.2) is 65.3 Å². The third-order valence-corrected chi connectivity index (χ3v) is 7.84. The van der Waals surface area contributed by atoms with Crippen LogP contribution in [0.25, 0.3) is 22.2 Å². The Morgan fingerprint density at radius 3 is 2.38 bits per heavy atom. The fourth-order valence-corrected chi connectivity index (χ4v) is 5.69. The third-order valence-electron chi connectivity index (χ3n) is 7.84. The van der Waals surface area contributed by atoms with Gasteiger partial charge in [0.2, 0.25) is 5.95 Å². The van der Waals surface area contributed by atoms with Crippen molar-refractivity contribution in [2.45, 2.75) is 77.4 Å². The molecule has 3 aromatic rings. The lowest BCUT2D eigenvalue weighted by molar-refractivity contribution is 0.0516. The number of nitrogens with one attached hydrogen (secondary N) is 1. The molecule has 1 saturated heterocycles. The van der Waals surface area contributed by atoms with E-state index in [1.807, 2.05) is 39.1 Å². The maximum Gasteiger partial charge on any atom is 0.407 e. The molecule has 5 rings (SSSR count). The Morgan fingerprint density at radius 2 is 1.70 bits per heavy atom. The van der Waals surface area contributed by atoms with Crippen molar-refractivity contribution in [1.29, 1.82) is 0 Å². The van der Waals surface area contributed by atoms with E-state index in [-0.39, 0.29) is 6.09 Å². The van der Waals surface area contributed by atoms with Gasteiger partial charge in [-0.05, 0) is 58.4 Å². The van der Waals surface area contributed by atoms with Crippen molar-refractivity contribution >= 4 is 22.9 Å². The second-order valence-electron chi connectivity index (χ2n) is 11.9. The molecule has 1 aliphatic heterocycles. The van der Waals surface area contributed by atoms with Crippen LogP contribution in [0.3, 0.4) is 0 Å². The lowest BCUT2D eigenvalue weighted by atomic mass is 9.96. The van der Waals surface area contributed by atoms with Gasteiger partial charge in [0.15, 0.2) is 11.5 Å². The molecule has 216 valence electrons. The van der Waals surface area contributed by atoms with Crippen molar-refractivity contribution in [2.75, 3.05) is 38.8 Å². The number of hydrogen-bond acceptors (Lipinski definition) is 8. The predicted molar refractivity (Wildman–Crippen MR) is 155 cm³/mol. The number of carbonyl (C=O) groups excluding carboxylic acids is 1. The molecule has 0 bridgehead atoms. The maximum atomic E-state index is 12.1. The molecule has 1 aliphatic carbocycles. The van der Waals surface area contributed by atoms with Crippen LogP contribution in [-0.2, 0) is 4.74 Å². The molecule has 0 radical (unpaired) electrons. The van der Waals surface area contributed by atoms with Crippen LogP contribution in [0.2, 0.25) is 0 Å². The molecule has 2 aliphatic rings. The first-order chi connectivity index (χ1) is 19.2. The molecule has 1 amide bonds. The van der Waals surface area contributed by atoms with E-state index in [9.17, 15) is 4.79 Å². The summed E-state index contributed by atoms with van der Waals surface area (Å²) in [6, 6.07) is 4.32. The number of aromatic nitrogens is 4. The summed E-state index contributed by atoms with van der Waals surface area (Å²) < 4.78 is 18.7. The summed E-state index contributed by atoms with van der Waals surface area (Å²) in [5.74, 6) is 2.35. The summed E-state index contributed by atoms with van der Waals surface area (Å²) >= 11 is 0. The molecular formula is C30H42N6O4. The van der Waals surface area contributed by atoms with Gasteiger partial charge in [-0.15, -0.1) is 0 Å². The summed E-state index contributed by atoms with van der Waals surface area (Å²) in [5.41, 5.74) is 2.12. The predicted octanol–water partition coefficient (Wildman–Crippen LogP) is 5.76. The highest BCUT2D eigenvalue weighted by Gasteiger charge is 2.25. The van der Waals surface area contributed by atoms with Crippen molar-refractivity contribution in [2.24, 2.45) is 5.92 Å². The lowest BCUT2D eigenvalue weighted by Crippen LogP contribution is -2.40. The quantitative estimate of drug-likeness (QED) is 0.396. The number of hydrogen-bond donors (Lipinski definition) is 1. The van der Waals surface area contributed by atoms with Gasteiger partial charge >= 0.3 is 6.09 Å². The van der Waals surface area contributed by atoms with Crippen LogP contribution < -0.4 is 19.7 Å². The van der Waals surface area contributed by atoms with Gasteiger partial charge in [-0.25, -0.2) is 14.8 Å².